The highest BCUT2D eigenvalue weighted by Gasteiger charge is 2.35. The van der Waals surface area contributed by atoms with Gasteiger partial charge in [0.1, 0.15) is 0 Å². The van der Waals surface area contributed by atoms with Gasteiger partial charge in [-0.2, -0.15) is 0 Å². The average Bonchev–Trinajstić information content (AvgIpc) is 2.28. The second kappa shape index (κ2) is 7.69. The number of hydrogen-bond donors (Lipinski definition) is 0. The van der Waals surface area contributed by atoms with E-state index < -0.39 is 22.2 Å². The van der Waals surface area contributed by atoms with E-state index in [1.54, 1.807) is 6.92 Å². The molecule has 0 aromatic carbocycles. The quantitative estimate of drug-likeness (QED) is 0.280. The van der Waals surface area contributed by atoms with Crippen molar-refractivity contribution in [1.29, 1.82) is 0 Å². The molecule has 0 saturated heterocycles. The van der Waals surface area contributed by atoms with Gasteiger partial charge in [0, 0.05) is 24.3 Å². The molecule has 0 rings (SSSR count). The van der Waals surface area contributed by atoms with Crippen LogP contribution >= 0.6 is 0 Å². The SMILES string of the molecule is CC(C/C=N/O[Si](C)(C)C)(C/C=N/O[Si](C)(C)C)[N+](=O)[O-]. The molecule has 0 heterocycles. The van der Waals surface area contributed by atoms with Crippen LogP contribution < -0.4 is 0 Å². The molecule has 0 radical (unpaired) electrons. The number of oxime groups is 2. The number of rotatable bonds is 9. The van der Waals surface area contributed by atoms with Crippen LogP contribution in [0.4, 0.5) is 0 Å². The van der Waals surface area contributed by atoms with Crippen molar-refractivity contribution in [3.8, 4) is 0 Å². The van der Waals surface area contributed by atoms with Crippen LogP contribution in [0, 0.1) is 10.1 Å². The van der Waals surface area contributed by atoms with E-state index in [0.29, 0.717) is 0 Å². The third-order valence-corrected chi connectivity index (χ3v) is 3.61. The second-order valence-electron chi connectivity index (χ2n) is 7.15. The van der Waals surface area contributed by atoms with Gasteiger partial charge in [-0.3, -0.25) is 10.1 Å². The van der Waals surface area contributed by atoms with Gasteiger partial charge in [0.15, 0.2) is 0 Å². The topological polar surface area (TPSA) is 86.3 Å². The molecule has 0 saturated carbocycles. The minimum Gasteiger partial charge on any atom is -0.456 e. The van der Waals surface area contributed by atoms with Gasteiger partial charge in [-0.25, -0.2) is 0 Å². The molecule has 0 amide bonds. The van der Waals surface area contributed by atoms with Gasteiger partial charge in [0.25, 0.3) is 16.6 Å². The van der Waals surface area contributed by atoms with E-state index >= 15 is 0 Å². The molecule has 0 aliphatic heterocycles. The Hall–Kier alpha value is -1.23. The van der Waals surface area contributed by atoms with Crippen molar-refractivity contribution in [3.63, 3.8) is 0 Å². The van der Waals surface area contributed by atoms with Crippen LogP contribution in [0.5, 0.6) is 0 Å². The third kappa shape index (κ3) is 10.2. The molecule has 0 bridgehead atoms. The lowest BCUT2D eigenvalue weighted by atomic mass is 9.96. The van der Waals surface area contributed by atoms with E-state index in [2.05, 4.69) is 10.3 Å². The summed E-state index contributed by atoms with van der Waals surface area (Å²) in [5.41, 5.74) is -1.15. The molecule has 0 unspecified atom stereocenters. The van der Waals surface area contributed by atoms with Crippen LogP contribution in [0.1, 0.15) is 19.8 Å². The monoisotopic (exact) mass is 333 g/mol. The minimum atomic E-state index is -1.74. The smallest absolute Gasteiger partial charge is 0.278 e. The number of hydrogen-bond acceptors (Lipinski definition) is 6. The Morgan fingerprint density at radius 3 is 1.57 bits per heavy atom. The first kappa shape index (κ1) is 19.8. The molecule has 9 heteroatoms. The molecule has 0 fully saturated rings. The Bertz CT molecular complexity index is 372. The summed E-state index contributed by atoms with van der Waals surface area (Å²) >= 11 is 0. The van der Waals surface area contributed by atoms with Crippen LogP contribution in [0.15, 0.2) is 10.3 Å². The highest BCUT2D eigenvalue weighted by Crippen LogP contribution is 2.17. The van der Waals surface area contributed by atoms with Crippen molar-refractivity contribution in [2.75, 3.05) is 0 Å². The highest BCUT2D eigenvalue weighted by atomic mass is 28.4. The summed E-state index contributed by atoms with van der Waals surface area (Å²) in [4.78, 5) is 10.9. The van der Waals surface area contributed by atoms with E-state index in [1.807, 2.05) is 39.3 Å². The fourth-order valence-electron chi connectivity index (χ4n) is 1.09. The summed E-state index contributed by atoms with van der Waals surface area (Å²) in [5.74, 6) is 0. The summed E-state index contributed by atoms with van der Waals surface area (Å²) in [6.45, 7) is 13.5. The Labute approximate surface area is 128 Å². The highest BCUT2D eigenvalue weighted by molar-refractivity contribution is 6.70. The summed E-state index contributed by atoms with van der Waals surface area (Å²) in [6, 6.07) is 0. The van der Waals surface area contributed by atoms with Gasteiger partial charge in [-0.1, -0.05) is 0 Å². The summed E-state index contributed by atoms with van der Waals surface area (Å²) < 4.78 is 10.6. The molecule has 0 atom stereocenters. The maximum atomic E-state index is 11.2. The zero-order valence-electron chi connectivity index (χ0n) is 14.0. The third-order valence-electron chi connectivity index (χ3n) is 2.31. The van der Waals surface area contributed by atoms with Crippen LogP contribution in [0.2, 0.25) is 39.3 Å². The normalized spacial score (nSPS) is 13.9. The summed E-state index contributed by atoms with van der Waals surface area (Å²) in [5, 5.41) is 18.9. The lowest BCUT2D eigenvalue weighted by Crippen LogP contribution is -2.36. The van der Waals surface area contributed by atoms with Gasteiger partial charge in [0.05, 0.1) is 12.8 Å². The Balaban J connectivity index is 4.54. The molecule has 21 heavy (non-hydrogen) atoms. The Kier molecular flexibility index (Phi) is 7.24. The van der Waals surface area contributed by atoms with E-state index in [-0.39, 0.29) is 17.8 Å². The van der Waals surface area contributed by atoms with Crippen LogP contribution in [-0.4, -0.2) is 39.5 Å². The summed E-state index contributed by atoms with van der Waals surface area (Å²) in [6.07, 6.45) is 3.30. The van der Waals surface area contributed by atoms with Gasteiger partial charge in [-0.05, 0) is 39.3 Å². The average molecular weight is 334 g/mol. The van der Waals surface area contributed by atoms with Crippen molar-refractivity contribution >= 4 is 29.1 Å². The molecule has 0 aliphatic rings. The first-order valence-corrected chi connectivity index (χ1v) is 13.7. The molecular formula is C12H27N3O4Si2. The van der Waals surface area contributed by atoms with Gasteiger partial charge < -0.3 is 9.05 Å². The van der Waals surface area contributed by atoms with Crippen LogP contribution in [0.25, 0.3) is 0 Å². The van der Waals surface area contributed by atoms with Gasteiger partial charge >= 0.3 is 0 Å². The largest absolute Gasteiger partial charge is 0.456 e. The van der Waals surface area contributed by atoms with Crippen LogP contribution in [-0.2, 0) is 9.05 Å². The predicted molar refractivity (Wildman–Crippen MR) is 90.5 cm³/mol. The van der Waals surface area contributed by atoms with E-state index in [1.165, 1.54) is 12.4 Å². The van der Waals surface area contributed by atoms with Crippen molar-refractivity contribution in [3.05, 3.63) is 10.1 Å². The molecule has 7 nitrogen and oxygen atoms in total. The van der Waals surface area contributed by atoms with Gasteiger partial charge in [0.2, 0.25) is 5.54 Å². The lowest BCUT2D eigenvalue weighted by Gasteiger charge is -2.18. The second-order valence-corrected chi connectivity index (χ2v) is 16.0. The van der Waals surface area contributed by atoms with E-state index in [9.17, 15) is 10.1 Å². The maximum Gasteiger partial charge on any atom is 0.278 e. The number of nitrogens with zero attached hydrogens (tertiary/aromatic N) is 3. The Morgan fingerprint density at radius 2 is 1.33 bits per heavy atom. The molecule has 0 aromatic heterocycles. The van der Waals surface area contributed by atoms with E-state index in [4.69, 9.17) is 9.05 Å². The zero-order chi connectivity index (χ0) is 16.7. The van der Waals surface area contributed by atoms with Crippen molar-refractivity contribution < 1.29 is 14.0 Å². The first-order chi connectivity index (χ1) is 9.36. The zero-order valence-corrected chi connectivity index (χ0v) is 16.0. The summed E-state index contributed by atoms with van der Waals surface area (Å²) in [7, 11) is -3.48. The maximum absolute atomic E-state index is 11.2. The van der Waals surface area contributed by atoms with Crippen molar-refractivity contribution in [1.82, 2.24) is 0 Å². The van der Waals surface area contributed by atoms with Gasteiger partial charge in [-0.15, -0.1) is 10.3 Å². The standard InChI is InChI=1S/C12H27N3O4Si2/c1-12(15(16)17,8-10-13-18-20(2,3)4)9-11-14-19-21(5,6)7/h10-11H,8-9H2,1-7H3/b13-10+,14-11+. The molecule has 0 N–H and O–H groups in total. The van der Waals surface area contributed by atoms with Crippen molar-refractivity contribution in [2.24, 2.45) is 10.3 Å². The molecular weight excluding hydrogens is 306 g/mol. The Morgan fingerprint density at radius 1 is 1.00 bits per heavy atom. The fourth-order valence-corrected chi connectivity index (χ4v) is 1.87. The van der Waals surface area contributed by atoms with E-state index in [0.717, 1.165) is 0 Å². The lowest BCUT2D eigenvalue weighted by molar-refractivity contribution is -0.561. The van der Waals surface area contributed by atoms with Crippen molar-refractivity contribution in [2.45, 2.75) is 64.6 Å². The molecule has 0 aliphatic carbocycles. The predicted octanol–water partition coefficient (Wildman–Crippen LogP) is 3.48. The molecule has 0 spiro atoms. The minimum absolute atomic E-state index is 0.184. The molecule has 122 valence electrons. The first-order valence-electron chi connectivity index (χ1n) is 6.90. The van der Waals surface area contributed by atoms with Crippen LogP contribution in [0.3, 0.4) is 0 Å². The number of nitro groups is 1. The fraction of sp³-hybridized carbons (Fsp3) is 0.833. The molecule has 0 aromatic rings.